The molecule has 356 valence electrons. The largest absolute Gasteiger partial charge is 0.508 e. The molecule has 0 spiro atoms. The van der Waals surface area contributed by atoms with Crippen molar-refractivity contribution in [2.45, 2.75) is 56.2 Å². The maximum absolute atomic E-state index is 12.7. The van der Waals surface area contributed by atoms with E-state index in [1.807, 2.05) is 141 Å². The summed E-state index contributed by atoms with van der Waals surface area (Å²) in [7, 11) is 1.27. The van der Waals surface area contributed by atoms with Crippen LogP contribution in [-0.2, 0) is 42.2 Å². The first-order valence-corrected chi connectivity index (χ1v) is 23.0. The Kier molecular flexibility index (Phi) is 14.9. The minimum atomic E-state index is -1.13. The number of carbonyl (C=O) groups is 4. The van der Waals surface area contributed by atoms with Crippen LogP contribution in [0.1, 0.15) is 64.6 Å². The van der Waals surface area contributed by atoms with E-state index in [1.54, 1.807) is 12.1 Å². The third-order valence-electron chi connectivity index (χ3n) is 12.6. The first-order valence-electron chi connectivity index (χ1n) is 23.0. The van der Waals surface area contributed by atoms with Gasteiger partial charge in [0.1, 0.15) is 42.4 Å². The molecule has 12 heteroatoms. The van der Waals surface area contributed by atoms with Gasteiger partial charge in [-0.2, -0.15) is 0 Å². The number of alkyl carbamates (subject to hydrolysis) is 2. The number of rotatable bonds is 15. The summed E-state index contributed by atoms with van der Waals surface area (Å²) in [6.07, 6.45) is -1.11. The third kappa shape index (κ3) is 11.3. The Morgan fingerprint density at radius 2 is 0.914 bits per heavy atom. The molecule has 7 aromatic carbocycles. The molecule has 0 aliphatic heterocycles. The lowest BCUT2D eigenvalue weighted by Crippen LogP contribution is -2.43. The molecule has 2 atom stereocenters. The van der Waals surface area contributed by atoms with Crippen molar-refractivity contribution in [3.63, 3.8) is 0 Å². The molecule has 70 heavy (non-hydrogen) atoms. The minimum absolute atomic E-state index is 0.0631. The van der Waals surface area contributed by atoms with Crippen molar-refractivity contribution in [2.75, 3.05) is 20.3 Å². The van der Waals surface area contributed by atoms with Crippen LogP contribution in [-0.4, -0.2) is 66.7 Å². The number of hydrogen-bond donors (Lipinski definition) is 4. The van der Waals surface area contributed by atoms with E-state index >= 15 is 0 Å². The molecule has 9 rings (SSSR count). The number of esters is 1. The molecule has 2 amide bonds. The lowest BCUT2D eigenvalue weighted by atomic mass is 9.98. The zero-order chi connectivity index (χ0) is 49.2. The molecule has 0 saturated heterocycles. The molecule has 2 aliphatic carbocycles. The second kappa shape index (κ2) is 21.7. The number of carboxylic acid groups (broad SMARTS) is 1. The molecule has 0 unspecified atom stereocenters. The second-order valence-corrected chi connectivity index (χ2v) is 17.6. The van der Waals surface area contributed by atoms with Gasteiger partial charge < -0.3 is 39.8 Å². The average molecular weight is 939 g/mol. The van der Waals surface area contributed by atoms with Gasteiger partial charge in [0, 0.05) is 24.7 Å². The van der Waals surface area contributed by atoms with E-state index in [0.29, 0.717) is 5.75 Å². The van der Waals surface area contributed by atoms with Crippen molar-refractivity contribution in [1.29, 1.82) is 0 Å². The van der Waals surface area contributed by atoms with Gasteiger partial charge in [0.2, 0.25) is 0 Å². The van der Waals surface area contributed by atoms with Gasteiger partial charge in [-0.05, 0) is 99.3 Å². The Bertz CT molecular complexity index is 2860. The molecular formula is C58H54N2O10. The van der Waals surface area contributed by atoms with E-state index in [0.717, 1.165) is 61.2 Å². The fourth-order valence-corrected chi connectivity index (χ4v) is 9.09. The molecule has 0 aromatic heterocycles. The van der Waals surface area contributed by atoms with E-state index in [9.17, 15) is 29.4 Å². The number of nitrogens with one attached hydrogen (secondary N) is 2. The number of fused-ring (bicyclic) bond motifs is 6. The van der Waals surface area contributed by atoms with E-state index < -0.39 is 41.8 Å². The summed E-state index contributed by atoms with van der Waals surface area (Å²) in [6, 6.07) is 53.9. The molecule has 0 heterocycles. The molecule has 0 bridgehead atoms. The van der Waals surface area contributed by atoms with E-state index in [-0.39, 0.29) is 43.6 Å². The minimum Gasteiger partial charge on any atom is -0.508 e. The van der Waals surface area contributed by atoms with E-state index in [2.05, 4.69) is 34.9 Å². The number of carboxylic acids is 1. The van der Waals surface area contributed by atoms with Crippen LogP contribution < -0.4 is 15.4 Å². The summed E-state index contributed by atoms with van der Waals surface area (Å²) in [5.74, 6) is -1.06. The lowest BCUT2D eigenvalue weighted by Gasteiger charge is -2.27. The first-order chi connectivity index (χ1) is 33.9. The van der Waals surface area contributed by atoms with Crippen LogP contribution in [0.2, 0.25) is 0 Å². The Labute approximate surface area is 406 Å². The van der Waals surface area contributed by atoms with Crippen LogP contribution in [0.3, 0.4) is 0 Å². The highest BCUT2D eigenvalue weighted by atomic mass is 16.6. The van der Waals surface area contributed by atoms with Crippen molar-refractivity contribution in [1.82, 2.24) is 10.6 Å². The standard InChI is InChI=1S/C33H31NO5.C25H23NO5/c1-33(2,23-10-4-3-5-11-23)39-24-18-16-22(17-19-24)20-30(31(35)36)34-32(37)38-21-29-27-14-8-6-12-25(27)26-13-7-9-15-28(26)29;1-30-24(28)23(14-16-10-12-17(27)13-11-16)26-25(29)31-15-22-20-8-4-2-6-18(20)19-7-3-5-9-21(19)22/h3-19,29-30H,20-21H2,1-2H3,(H,34,37)(H,35,36);2-13,22-23,27H,14-15H2,1H3,(H,26,29)/t30-;23-/m11/s1. The normalized spacial score (nSPS) is 13.1. The number of benzene rings is 7. The smallest absolute Gasteiger partial charge is 0.407 e. The van der Waals surface area contributed by atoms with Gasteiger partial charge in [0.25, 0.3) is 0 Å². The van der Waals surface area contributed by atoms with Gasteiger partial charge in [-0.15, -0.1) is 0 Å². The second-order valence-electron chi connectivity index (χ2n) is 17.6. The summed E-state index contributed by atoms with van der Waals surface area (Å²) in [6.45, 7) is 4.27. The summed E-state index contributed by atoms with van der Waals surface area (Å²) in [4.78, 5) is 49.3. The van der Waals surface area contributed by atoms with Crippen molar-refractivity contribution in [2.24, 2.45) is 0 Å². The van der Waals surface area contributed by atoms with Crippen LogP contribution in [0.4, 0.5) is 9.59 Å². The van der Waals surface area contributed by atoms with Gasteiger partial charge in [-0.1, -0.05) is 152 Å². The van der Waals surface area contributed by atoms with Gasteiger partial charge in [0.05, 0.1) is 7.11 Å². The summed E-state index contributed by atoms with van der Waals surface area (Å²) in [5, 5.41) is 24.3. The molecule has 4 N–H and O–H groups in total. The maximum Gasteiger partial charge on any atom is 0.407 e. The quantitative estimate of drug-likeness (QED) is 0.0573. The van der Waals surface area contributed by atoms with Crippen LogP contribution in [0.5, 0.6) is 11.5 Å². The number of phenols is 1. The van der Waals surface area contributed by atoms with Crippen molar-refractivity contribution < 1.29 is 48.3 Å². The van der Waals surface area contributed by atoms with Gasteiger partial charge in [-0.3, -0.25) is 0 Å². The van der Waals surface area contributed by atoms with Crippen LogP contribution in [0.15, 0.2) is 176 Å². The summed E-state index contributed by atoms with van der Waals surface area (Å²) < 4.78 is 22.1. The van der Waals surface area contributed by atoms with Crippen molar-refractivity contribution in [3.8, 4) is 33.8 Å². The van der Waals surface area contributed by atoms with Crippen LogP contribution in [0.25, 0.3) is 22.3 Å². The molecule has 0 fully saturated rings. The number of carbonyl (C=O) groups excluding carboxylic acids is 3. The Hall–Kier alpha value is -8.38. The maximum atomic E-state index is 12.7. The van der Waals surface area contributed by atoms with Gasteiger partial charge in [0.15, 0.2) is 0 Å². The number of methoxy groups -OCH3 is 1. The Morgan fingerprint density at radius 3 is 1.34 bits per heavy atom. The number of hydrogen-bond acceptors (Lipinski definition) is 9. The molecule has 2 aliphatic rings. The number of aromatic hydroxyl groups is 1. The van der Waals surface area contributed by atoms with Gasteiger partial charge >= 0.3 is 24.1 Å². The SMILES string of the molecule is CC(C)(Oc1ccc(C[C@@H](NC(=O)OCC2c3ccccc3-c3ccccc32)C(=O)O)cc1)c1ccccc1.COC(=O)[C@@H](Cc1ccc(O)cc1)NC(=O)OCC1c2ccccc2-c2ccccc21. The third-order valence-corrected chi connectivity index (χ3v) is 12.6. The highest BCUT2D eigenvalue weighted by Gasteiger charge is 2.32. The number of ether oxygens (including phenoxy) is 4. The molecule has 0 radical (unpaired) electrons. The van der Waals surface area contributed by atoms with Crippen LogP contribution in [0, 0.1) is 0 Å². The summed E-state index contributed by atoms with van der Waals surface area (Å²) >= 11 is 0. The lowest BCUT2D eigenvalue weighted by molar-refractivity contribution is -0.143. The molecule has 0 saturated carbocycles. The topological polar surface area (TPSA) is 170 Å². The van der Waals surface area contributed by atoms with E-state index in [4.69, 9.17) is 18.9 Å². The fourth-order valence-electron chi connectivity index (χ4n) is 9.09. The number of phenolic OH excluding ortho intramolecular Hbond substituents is 1. The number of aliphatic carboxylic acids is 1. The Balaban J connectivity index is 0.000000193. The highest BCUT2D eigenvalue weighted by molar-refractivity contribution is 5.83. The predicted molar refractivity (Wildman–Crippen MR) is 266 cm³/mol. The van der Waals surface area contributed by atoms with Gasteiger partial charge in [-0.25, -0.2) is 19.2 Å². The predicted octanol–water partition coefficient (Wildman–Crippen LogP) is 10.6. The fraction of sp³-hybridized carbons (Fsp3) is 0.207. The molecule has 12 nitrogen and oxygen atoms in total. The zero-order valence-electron chi connectivity index (χ0n) is 39.0. The number of amides is 2. The molecule has 7 aromatic rings. The highest BCUT2D eigenvalue weighted by Crippen LogP contribution is 2.45. The monoisotopic (exact) mass is 938 g/mol. The summed E-state index contributed by atoms with van der Waals surface area (Å²) in [5.41, 5.74) is 11.0. The zero-order valence-corrected chi connectivity index (χ0v) is 39.0. The molecular weight excluding hydrogens is 885 g/mol. The van der Waals surface area contributed by atoms with Crippen molar-refractivity contribution >= 4 is 24.1 Å². The van der Waals surface area contributed by atoms with Crippen molar-refractivity contribution in [3.05, 3.63) is 215 Å². The Morgan fingerprint density at radius 1 is 0.529 bits per heavy atom. The van der Waals surface area contributed by atoms with Crippen LogP contribution >= 0.6 is 0 Å². The average Bonchev–Trinajstić information content (AvgIpc) is 3.88. The first kappa shape index (κ1) is 48.1. The van der Waals surface area contributed by atoms with E-state index in [1.165, 1.54) is 19.2 Å².